The molecular formula is C16H15Cl2F3N2O3. The molecule has 1 aromatic carbocycles. The summed E-state index contributed by atoms with van der Waals surface area (Å²) in [6, 6.07) is 5.94. The minimum atomic E-state index is -4.97. The molecule has 2 aromatic rings. The van der Waals surface area contributed by atoms with Gasteiger partial charge in [-0.2, -0.15) is 13.2 Å². The van der Waals surface area contributed by atoms with Gasteiger partial charge in [-0.05, 0) is 37.3 Å². The van der Waals surface area contributed by atoms with Crippen LogP contribution >= 0.6 is 23.2 Å². The molecule has 0 aliphatic heterocycles. The number of hydrogen-bond acceptors (Lipinski definition) is 3. The van der Waals surface area contributed by atoms with Crippen LogP contribution in [0.15, 0.2) is 34.7 Å². The van der Waals surface area contributed by atoms with Crippen molar-refractivity contribution in [2.24, 2.45) is 0 Å². The van der Waals surface area contributed by atoms with E-state index >= 15 is 0 Å². The molecule has 1 heterocycles. The van der Waals surface area contributed by atoms with Gasteiger partial charge < -0.3 is 20.2 Å². The Balaban J connectivity index is 1.99. The Morgan fingerprint density at radius 1 is 1.19 bits per heavy atom. The lowest BCUT2D eigenvalue weighted by molar-refractivity contribution is -0.274. The average Bonchev–Trinajstić information content (AvgIpc) is 2.96. The van der Waals surface area contributed by atoms with E-state index in [4.69, 9.17) is 27.6 Å². The average molecular weight is 411 g/mol. The lowest BCUT2D eigenvalue weighted by Crippen LogP contribution is -2.45. The molecule has 0 bridgehead atoms. The molecule has 0 unspecified atom stereocenters. The van der Waals surface area contributed by atoms with Crippen molar-refractivity contribution in [1.29, 1.82) is 0 Å². The SMILES string of the molecule is Cc1ccc([C@](O)(CCNC(=O)Nc2ccc(Cl)c(Cl)c2)C(F)(F)F)o1. The van der Waals surface area contributed by atoms with Crippen LogP contribution in [0.1, 0.15) is 17.9 Å². The van der Waals surface area contributed by atoms with Crippen molar-refractivity contribution in [2.45, 2.75) is 25.1 Å². The fraction of sp³-hybridized carbons (Fsp3) is 0.312. The fourth-order valence-electron chi connectivity index (χ4n) is 2.17. The number of alkyl halides is 3. The highest BCUT2D eigenvalue weighted by Crippen LogP contribution is 2.42. The van der Waals surface area contributed by atoms with Crippen molar-refractivity contribution in [3.05, 3.63) is 51.9 Å². The highest BCUT2D eigenvalue weighted by atomic mass is 35.5. The van der Waals surface area contributed by atoms with Crippen LogP contribution in [-0.2, 0) is 5.60 Å². The van der Waals surface area contributed by atoms with Gasteiger partial charge in [-0.1, -0.05) is 23.2 Å². The molecule has 5 nitrogen and oxygen atoms in total. The van der Waals surface area contributed by atoms with Gasteiger partial charge in [0, 0.05) is 18.7 Å². The van der Waals surface area contributed by atoms with Gasteiger partial charge in [-0.25, -0.2) is 4.79 Å². The number of rotatable bonds is 5. The van der Waals surface area contributed by atoms with E-state index in [9.17, 15) is 23.1 Å². The molecule has 26 heavy (non-hydrogen) atoms. The largest absolute Gasteiger partial charge is 0.463 e. The van der Waals surface area contributed by atoms with E-state index in [1.165, 1.54) is 31.2 Å². The number of carbonyl (C=O) groups is 1. The number of amides is 2. The van der Waals surface area contributed by atoms with Crippen molar-refractivity contribution in [1.82, 2.24) is 5.32 Å². The van der Waals surface area contributed by atoms with Crippen LogP contribution in [0.3, 0.4) is 0 Å². The minimum Gasteiger partial charge on any atom is -0.463 e. The number of anilines is 1. The Morgan fingerprint density at radius 3 is 2.42 bits per heavy atom. The summed E-state index contributed by atoms with van der Waals surface area (Å²) in [6.45, 7) is 1.01. The number of hydrogen-bond donors (Lipinski definition) is 3. The standard InChI is InChI=1S/C16H15Cl2F3N2O3/c1-9-2-5-13(26-9)15(25,16(19,20)21)6-7-22-14(24)23-10-3-4-11(17)12(18)8-10/h2-5,8,25H,6-7H2,1H3,(H2,22,23,24)/t15-/m1/s1. The first kappa shape index (κ1) is 20.4. The summed E-state index contributed by atoms with van der Waals surface area (Å²) >= 11 is 11.6. The number of halogens is 5. The monoisotopic (exact) mass is 410 g/mol. The molecular weight excluding hydrogens is 396 g/mol. The Bertz CT molecular complexity index is 795. The smallest absolute Gasteiger partial charge is 0.424 e. The van der Waals surface area contributed by atoms with Gasteiger partial charge in [0.15, 0.2) is 0 Å². The van der Waals surface area contributed by atoms with E-state index in [0.29, 0.717) is 10.7 Å². The van der Waals surface area contributed by atoms with Gasteiger partial charge in [0.25, 0.3) is 0 Å². The van der Waals surface area contributed by atoms with Crippen LogP contribution in [-0.4, -0.2) is 23.9 Å². The summed E-state index contributed by atoms with van der Waals surface area (Å²) < 4.78 is 44.8. The Labute approximate surface area is 157 Å². The zero-order valence-corrected chi connectivity index (χ0v) is 15.0. The first-order valence-corrected chi connectivity index (χ1v) is 8.14. The predicted octanol–water partition coefficient (Wildman–Crippen LogP) is 4.86. The molecule has 2 rings (SSSR count). The fourth-order valence-corrected chi connectivity index (χ4v) is 2.47. The topological polar surface area (TPSA) is 74.5 Å². The number of benzene rings is 1. The van der Waals surface area contributed by atoms with Crippen LogP contribution in [0.2, 0.25) is 10.0 Å². The maximum absolute atomic E-state index is 13.3. The minimum absolute atomic E-state index is 0.212. The molecule has 0 saturated heterocycles. The van der Waals surface area contributed by atoms with Gasteiger partial charge in [-0.3, -0.25) is 0 Å². The summed E-state index contributed by atoms with van der Waals surface area (Å²) in [5.41, 5.74) is -2.90. The molecule has 0 saturated carbocycles. The lowest BCUT2D eigenvalue weighted by atomic mass is 9.96. The Morgan fingerprint density at radius 2 is 1.88 bits per heavy atom. The molecule has 3 N–H and O–H groups in total. The molecule has 0 radical (unpaired) electrons. The second kappa shape index (κ2) is 7.77. The molecule has 142 valence electrons. The highest BCUT2D eigenvalue weighted by Gasteiger charge is 2.56. The van der Waals surface area contributed by atoms with Crippen molar-refractivity contribution in [2.75, 3.05) is 11.9 Å². The number of furan rings is 1. The second-order valence-corrected chi connectivity index (χ2v) is 6.34. The quantitative estimate of drug-likeness (QED) is 0.658. The molecule has 0 spiro atoms. The summed E-state index contributed by atoms with van der Waals surface area (Å²) in [5, 5.41) is 15.2. The van der Waals surface area contributed by atoms with Crippen molar-refractivity contribution in [3.63, 3.8) is 0 Å². The number of carbonyl (C=O) groups excluding carboxylic acids is 1. The second-order valence-electron chi connectivity index (χ2n) is 5.53. The third-order valence-corrected chi connectivity index (χ3v) is 4.31. The highest BCUT2D eigenvalue weighted by molar-refractivity contribution is 6.42. The van der Waals surface area contributed by atoms with Crippen molar-refractivity contribution < 1.29 is 27.5 Å². The molecule has 2 amide bonds. The van der Waals surface area contributed by atoms with E-state index in [0.717, 1.165) is 6.07 Å². The molecule has 10 heteroatoms. The van der Waals surface area contributed by atoms with Gasteiger partial charge in [0.05, 0.1) is 10.0 Å². The van der Waals surface area contributed by atoms with E-state index in [-0.39, 0.29) is 10.8 Å². The van der Waals surface area contributed by atoms with Gasteiger partial charge >= 0.3 is 12.2 Å². The molecule has 1 atom stereocenters. The Hall–Kier alpha value is -1.90. The number of aryl methyl sites for hydroxylation is 1. The lowest BCUT2D eigenvalue weighted by Gasteiger charge is -2.28. The first-order chi connectivity index (χ1) is 12.0. The van der Waals surface area contributed by atoms with E-state index in [1.807, 2.05) is 0 Å². The van der Waals surface area contributed by atoms with Crippen LogP contribution < -0.4 is 10.6 Å². The summed E-state index contributed by atoms with van der Waals surface area (Å²) in [6.07, 6.45) is -5.79. The van der Waals surface area contributed by atoms with Crippen LogP contribution in [0.4, 0.5) is 23.7 Å². The normalized spacial score (nSPS) is 14.0. The molecule has 0 aliphatic rings. The summed E-state index contributed by atoms with van der Waals surface area (Å²) in [4.78, 5) is 11.8. The van der Waals surface area contributed by atoms with Crippen LogP contribution in [0.5, 0.6) is 0 Å². The Kier molecular flexibility index (Phi) is 6.10. The maximum atomic E-state index is 13.3. The number of aliphatic hydroxyl groups is 1. The summed E-state index contributed by atoms with van der Waals surface area (Å²) in [5.74, 6) is -0.401. The van der Waals surface area contributed by atoms with Crippen molar-refractivity contribution in [3.8, 4) is 0 Å². The first-order valence-electron chi connectivity index (χ1n) is 7.39. The number of urea groups is 1. The van der Waals surface area contributed by atoms with Crippen LogP contribution in [0.25, 0.3) is 0 Å². The van der Waals surface area contributed by atoms with E-state index < -0.39 is 36.5 Å². The number of nitrogens with one attached hydrogen (secondary N) is 2. The predicted molar refractivity (Wildman–Crippen MR) is 91.5 cm³/mol. The zero-order valence-electron chi connectivity index (χ0n) is 13.5. The molecule has 0 fully saturated rings. The third kappa shape index (κ3) is 4.63. The zero-order chi connectivity index (χ0) is 19.5. The van der Waals surface area contributed by atoms with Crippen molar-refractivity contribution >= 4 is 34.9 Å². The van der Waals surface area contributed by atoms with Gasteiger partial charge in [0.2, 0.25) is 5.60 Å². The molecule has 1 aromatic heterocycles. The van der Waals surface area contributed by atoms with E-state index in [2.05, 4.69) is 10.6 Å². The summed E-state index contributed by atoms with van der Waals surface area (Å²) in [7, 11) is 0. The van der Waals surface area contributed by atoms with Gasteiger partial charge in [-0.15, -0.1) is 0 Å². The molecule has 0 aliphatic carbocycles. The van der Waals surface area contributed by atoms with Crippen LogP contribution in [0, 0.1) is 6.92 Å². The maximum Gasteiger partial charge on any atom is 0.424 e. The third-order valence-electron chi connectivity index (χ3n) is 3.57. The van der Waals surface area contributed by atoms with Gasteiger partial charge in [0.1, 0.15) is 11.5 Å². The van der Waals surface area contributed by atoms with E-state index in [1.54, 1.807) is 0 Å².